The normalized spacial score (nSPS) is 29.3. The van der Waals surface area contributed by atoms with Crippen LogP contribution >= 0.6 is 9.24 Å². The number of carbonyl (C=O) groups excluding carboxylic acids is 1. The molecule has 1 heterocycles. The van der Waals surface area contributed by atoms with Crippen molar-refractivity contribution < 1.29 is 4.79 Å². The van der Waals surface area contributed by atoms with Crippen LogP contribution in [0.3, 0.4) is 0 Å². The van der Waals surface area contributed by atoms with Gasteiger partial charge in [-0.3, -0.25) is 4.79 Å². The third kappa shape index (κ3) is 12.4. The van der Waals surface area contributed by atoms with Crippen molar-refractivity contribution in [2.24, 2.45) is 11.8 Å². The second-order valence-corrected chi connectivity index (χ2v) is 7.28. The van der Waals surface area contributed by atoms with Crippen LogP contribution < -0.4 is 10.6 Å². The summed E-state index contributed by atoms with van der Waals surface area (Å²) in [6.07, 6.45) is 15.4. The van der Waals surface area contributed by atoms with Crippen molar-refractivity contribution in [3.63, 3.8) is 0 Å². The van der Waals surface area contributed by atoms with Gasteiger partial charge in [0.25, 0.3) is 0 Å². The van der Waals surface area contributed by atoms with Crippen molar-refractivity contribution in [3.8, 4) is 0 Å². The molecule has 1 fully saturated rings. The van der Waals surface area contributed by atoms with E-state index in [1.54, 1.807) is 0 Å². The molecule has 0 bridgehead atoms. The highest BCUT2D eigenvalue weighted by molar-refractivity contribution is 7.17. The summed E-state index contributed by atoms with van der Waals surface area (Å²) in [5.41, 5.74) is 0. The highest BCUT2D eigenvalue weighted by atomic mass is 31.0. The van der Waals surface area contributed by atoms with Gasteiger partial charge in [0, 0.05) is 5.78 Å². The van der Waals surface area contributed by atoms with E-state index in [1.807, 2.05) is 18.2 Å². The molecule has 0 saturated carbocycles. The summed E-state index contributed by atoms with van der Waals surface area (Å²) < 4.78 is 0. The first kappa shape index (κ1) is 22.3. The summed E-state index contributed by atoms with van der Waals surface area (Å²) in [6.45, 7) is 9.97. The van der Waals surface area contributed by atoms with E-state index in [9.17, 15) is 4.79 Å². The number of unbranched alkanes of at least 4 members (excludes halogenated alkanes) is 1. The standard InChI is InChI=1S/C8H11NO.C7H16NP.C4H10/c1-7-4-2-3-5-8(7)9-6-10;1-6-2-3-7(9)8-5-4-6;1-3-4-2/h2-8H,1H3,(H,9,10);6-8H,2-5,9H2,1H3;3-4H2,1-2H3. The summed E-state index contributed by atoms with van der Waals surface area (Å²) in [7, 11) is 2.84. The number of nitrogens with one attached hydrogen (secondary N) is 2. The SMILES string of the molecule is CC1C=CC=CC1NC=O.CC1CCNC(P)CC1.CCCC. The lowest BCUT2D eigenvalue weighted by atomic mass is 9.98. The van der Waals surface area contributed by atoms with E-state index in [-0.39, 0.29) is 6.04 Å². The largest absolute Gasteiger partial charge is 0.352 e. The molecule has 23 heavy (non-hydrogen) atoms. The Morgan fingerprint density at radius 2 is 1.78 bits per heavy atom. The summed E-state index contributed by atoms with van der Waals surface area (Å²) in [5, 5.41) is 6.15. The number of amides is 1. The van der Waals surface area contributed by atoms with Crippen LogP contribution in [0.5, 0.6) is 0 Å². The summed E-state index contributed by atoms with van der Waals surface area (Å²) >= 11 is 0. The monoisotopic (exact) mass is 340 g/mol. The lowest BCUT2D eigenvalue weighted by Crippen LogP contribution is -2.32. The van der Waals surface area contributed by atoms with Gasteiger partial charge in [0.05, 0.1) is 6.04 Å². The average Bonchev–Trinajstić information content (AvgIpc) is 2.75. The van der Waals surface area contributed by atoms with Crippen LogP contribution in [0.15, 0.2) is 24.3 Å². The molecule has 0 aromatic carbocycles. The summed E-state index contributed by atoms with van der Waals surface area (Å²) in [5.74, 6) is 2.02. The van der Waals surface area contributed by atoms with Gasteiger partial charge in [-0.2, -0.15) is 0 Å². The molecule has 1 aliphatic heterocycles. The maximum atomic E-state index is 10.0. The average molecular weight is 340 g/mol. The van der Waals surface area contributed by atoms with Crippen LogP contribution in [0.1, 0.15) is 59.8 Å². The molecular weight excluding hydrogens is 303 g/mol. The Hall–Kier alpha value is -0.660. The van der Waals surface area contributed by atoms with Gasteiger partial charge >= 0.3 is 0 Å². The topological polar surface area (TPSA) is 41.1 Å². The first-order valence-corrected chi connectivity index (χ1v) is 9.75. The minimum atomic E-state index is 0.183. The van der Waals surface area contributed by atoms with Gasteiger partial charge in [0.15, 0.2) is 0 Å². The second kappa shape index (κ2) is 14.9. The Balaban J connectivity index is 0.000000345. The Morgan fingerprint density at radius 3 is 2.35 bits per heavy atom. The zero-order valence-corrected chi connectivity index (χ0v) is 16.6. The van der Waals surface area contributed by atoms with Gasteiger partial charge in [0.2, 0.25) is 6.41 Å². The van der Waals surface area contributed by atoms with Gasteiger partial charge in [-0.1, -0.05) is 64.8 Å². The molecule has 0 spiro atoms. The van der Waals surface area contributed by atoms with Crippen LogP contribution in [-0.2, 0) is 4.79 Å². The molecule has 134 valence electrons. The molecule has 3 nitrogen and oxygen atoms in total. The molecule has 2 rings (SSSR count). The molecule has 0 aromatic rings. The van der Waals surface area contributed by atoms with E-state index in [0.717, 1.165) is 12.3 Å². The molecular formula is C19H37N2OP. The second-order valence-electron chi connectivity index (χ2n) is 6.47. The fraction of sp³-hybridized carbons (Fsp3) is 0.737. The lowest BCUT2D eigenvalue weighted by molar-refractivity contribution is -0.110. The molecule has 0 radical (unpaired) electrons. The van der Waals surface area contributed by atoms with Crippen LogP contribution in [0.2, 0.25) is 0 Å². The molecule has 1 amide bonds. The van der Waals surface area contributed by atoms with Crippen molar-refractivity contribution in [1.82, 2.24) is 10.6 Å². The molecule has 5 unspecified atom stereocenters. The Morgan fingerprint density at radius 1 is 1.13 bits per heavy atom. The minimum Gasteiger partial charge on any atom is -0.352 e. The Labute approximate surface area is 146 Å². The van der Waals surface area contributed by atoms with Gasteiger partial charge < -0.3 is 10.6 Å². The van der Waals surface area contributed by atoms with Gasteiger partial charge in [-0.15, -0.1) is 9.24 Å². The molecule has 2 N–H and O–H groups in total. The van der Waals surface area contributed by atoms with Crippen LogP contribution in [-0.4, -0.2) is 24.8 Å². The minimum absolute atomic E-state index is 0.183. The smallest absolute Gasteiger partial charge is 0.207 e. The summed E-state index contributed by atoms with van der Waals surface area (Å²) in [6, 6.07) is 0.183. The number of hydrogen-bond donors (Lipinski definition) is 2. The van der Waals surface area contributed by atoms with Crippen molar-refractivity contribution in [2.75, 3.05) is 6.54 Å². The van der Waals surface area contributed by atoms with E-state index in [1.165, 1.54) is 38.6 Å². The van der Waals surface area contributed by atoms with E-state index in [0.29, 0.717) is 11.7 Å². The molecule has 1 aliphatic carbocycles. The zero-order valence-electron chi connectivity index (χ0n) is 15.4. The van der Waals surface area contributed by atoms with E-state index < -0.39 is 0 Å². The molecule has 1 saturated heterocycles. The van der Waals surface area contributed by atoms with Gasteiger partial charge in [-0.05, 0) is 37.6 Å². The van der Waals surface area contributed by atoms with Crippen LogP contribution in [0.25, 0.3) is 0 Å². The van der Waals surface area contributed by atoms with Gasteiger partial charge in [-0.25, -0.2) is 0 Å². The Bertz CT molecular complexity index is 332. The van der Waals surface area contributed by atoms with Crippen LogP contribution in [0.4, 0.5) is 0 Å². The Kier molecular flexibility index (Phi) is 14.5. The van der Waals surface area contributed by atoms with Crippen molar-refractivity contribution in [2.45, 2.75) is 71.6 Å². The first-order valence-electron chi connectivity index (χ1n) is 9.08. The van der Waals surface area contributed by atoms with Crippen molar-refractivity contribution >= 4 is 15.6 Å². The maximum absolute atomic E-state index is 10.0. The van der Waals surface area contributed by atoms with Crippen molar-refractivity contribution in [3.05, 3.63) is 24.3 Å². The number of rotatable bonds is 3. The third-order valence-corrected chi connectivity index (χ3v) is 4.75. The van der Waals surface area contributed by atoms with Crippen LogP contribution in [0, 0.1) is 11.8 Å². The highest BCUT2D eigenvalue weighted by Gasteiger charge is 2.11. The molecule has 5 atom stereocenters. The highest BCUT2D eigenvalue weighted by Crippen LogP contribution is 2.17. The first-order chi connectivity index (χ1) is 11.0. The number of allylic oxidation sites excluding steroid dienone is 2. The number of hydrogen-bond acceptors (Lipinski definition) is 2. The predicted octanol–water partition coefficient (Wildman–Crippen LogP) is 4.27. The van der Waals surface area contributed by atoms with E-state index >= 15 is 0 Å². The fourth-order valence-electron chi connectivity index (χ4n) is 2.23. The number of carbonyl (C=O) groups is 1. The quantitative estimate of drug-likeness (QED) is 0.595. The molecule has 0 aromatic heterocycles. The zero-order chi connectivity index (χ0) is 17.5. The predicted molar refractivity (Wildman–Crippen MR) is 106 cm³/mol. The molecule has 2 aliphatic rings. The summed E-state index contributed by atoms with van der Waals surface area (Å²) in [4.78, 5) is 10.0. The van der Waals surface area contributed by atoms with Gasteiger partial charge in [0.1, 0.15) is 0 Å². The maximum Gasteiger partial charge on any atom is 0.207 e. The van der Waals surface area contributed by atoms with E-state index in [2.05, 4.69) is 53.6 Å². The lowest BCUT2D eigenvalue weighted by Gasteiger charge is -2.18. The van der Waals surface area contributed by atoms with E-state index in [4.69, 9.17) is 0 Å². The third-order valence-electron chi connectivity index (χ3n) is 4.19. The molecule has 4 heteroatoms. The fourth-order valence-corrected chi connectivity index (χ4v) is 2.59. The van der Waals surface area contributed by atoms with Crippen molar-refractivity contribution in [1.29, 1.82) is 0 Å².